The molecular formula is C8H19NSi2. The van der Waals surface area contributed by atoms with Crippen LogP contribution in [0.2, 0.25) is 12.1 Å². The molecule has 0 atom stereocenters. The lowest BCUT2D eigenvalue weighted by Gasteiger charge is -2.11. The van der Waals surface area contributed by atoms with Gasteiger partial charge in [0.25, 0.3) is 0 Å². The Labute approximate surface area is 76.2 Å². The van der Waals surface area contributed by atoms with E-state index in [2.05, 4.69) is 28.9 Å². The van der Waals surface area contributed by atoms with Gasteiger partial charge in [-0.3, -0.25) is 0 Å². The zero-order chi connectivity index (χ0) is 8.53. The molecule has 4 radical (unpaired) electrons. The average Bonchev–Trinajstić information content (AvgIpc) is 2.05. The van der Waals surface area contributed by atoms with E-state index in [9.17, 15) is 0 Å². The molecule has 0 aromatic heterocycles. The minimum Gasteiger partial charge on any atom is -0.364 e. The summed E-state index contributed by atoms with van der Waals surface area (Å²) in [6.45, 7) is 4.51. The lowest BCUT2D eigenvalue weighted by molar-refractivity contribution is 0.835. The quantitative estimate of drug-likeness (QED) is 0.600. The number of hydrogen-bond donors (Lipinski definition) is 1. The van der Waals surface area contributed by atoms with Crippen molar-refractivity contribution in [2.45, 2.75) is 51.6 Å². The molecule has 0 rings (SSSR count). The summed E-state index contributed by atoms with van der Waals surface area (Å²) in [7, 11) is 3.17. The Hall–Kier alpha value is 0.394. The number of rotatable bonds is 7. The van der Waals surface area contributed by atoms with Crippen LogP contribution in [0.4, 0.5) is 0 Å². The Bertz CT molecular complexity index is 70.5. The zero-order valence-corrected chi connectivity index (χ0v) is 9.74. The molecule has 0 saturated carbocycles. The van der Waals surface area contributed by atoms with Gasteiger partial charge in [0.05, 0.1) is 0 Å². The maximum atomic E-state index is 3.42. The SMILES string of the molecule is CCCC[Si](CCCC)N[Si]. The fraction of sp³-hybridized carbons (Fsp3) is 1.00. The van der Waals surface area contributed by atoms with Crippen LogP contribution in [0, 0.1) is 0 Å². The highest BCUT2D eigenvalue weighted by Gasteiger charge is 2.06. The van der Waals surface area contributed by atoms with Gasteiger partial charge in [-0.05, 0) is 12.1 Å². The maximum Gasteiger partial charge on any atom is 0.132 e. The molecule has 0 aromatic carbocycles. The van der Waals surface area contributed by atoms with Crippen LogP contribution in [-0.2, 0) is 0 Å². The molecule has 0 heterocycles. The highest BCUT2D eigenvalue weighted by atomic mass is 28.3. The van der Waals surface area contributed by atoms with Crippen molar-refractivity contribution in [1.82, 2.24) is 4.65 Å². The van der Waals surface area contributed by atoms with Gasteiger partial charge in [-0.15, -0.1) is 0 Å². The van der Waals surface area contributed by atoms with Gasteiger partial charge in [0.15, 0.2) is 0 Å². The first-order chi connectivity index (χ1) is 5.35. The standard InChI is InChI=1S/C8H19NSi2/c1-3-5-7-11(9-10)8-6-4-2/h9H,3-8H2,1-2H3. The van der Waals surface area contributed by atoms with E-state index in [1.165, 1.54) is 37.8 Å². The summed E-state index contributed by atoms with van der Waals surface area (Å²) in [5, 5.41) is 0. The molecule has 0 aliphatic rings. The van der Waals surface area contributed by atoms with Crippen molar-refractivity contribution >= 4 is 19.4 Å². The van der Waals surface area contributed by atoms with Crippen LogP contribution in [0.25, 0.3) is 0 Å². The molecule has 0 fully saturated rings. The first kappa shape index (κ1) is 11.4. The average molecular weight is 185 g/mol. The fourth-order valence-corrected chi connectivity index (χ4v) is 3.84. The van der Waals surface area contributed by atoms with Gasteiger partial charge in [0, 0.05) is 0 Å². The fourth-order valence-electron chi connectivity index (χ4n) is 1.03. The van der Waals surface area contributed by atoms with Crippen molar-refractivity contribution in [1.29, 1.82) is 0 Å². The molecular weight excluding hydrogens is 166 g/mol. The number of unbranched alkanes of at least 4 members (excludes halogenated alkanes) is 2. The molecule has 0 unspecified atom stereocenters. The monoisotopic (exact) mass is 185 g/mol. The second-order valence-corrected chi connectivity index (χ2v) is 6.14. The number of hydrogen-bond acceptors (Lipinski definition) is 1. The third-order valence-corrected chi connectivity index (χ3v) is 5.17. The first-order valence-corrected chi connectivity index (χ1v) is 7.04. The zero-order valence-electron chi connectivity index (χ0n) is 7.74. The van der Waals surface area contributed by atoms with E-state index in [1.54, 1.807) is 0 Å². The Balaban J connectivity index is 3.25. The van der Waals surface area contributed by atoms with E-state index in [0.29, 0.717) is 0 Å². The molecule has 0 spiro atoms. The largest absolute Gasteiger partial charge is 0.364 e. The first-order valence-electron chi connectivity index (χ1n) is 4.62. The minimum atomic E-state index is -0.246. The summed E-state index contributed by atoms with van der Waals surface area (Å²) in [6.07, 6.45) is 5.42. The Morgan fingerprint density at radius 1 is 1.09 bits per heavy atom. The highest BCUT2D eigenvalue weighted by Crippen LogP contribution is 2.06. The van der Waals surface area contributed by atoms with Crippen LogP contribution in [0.1, 0.15) is 39.5 Å². The van der Waals surface area contributed by atoms with Crippen molar-refractivity contribution in [3.63, 3.8) is 0 Å². The molecule has 0 aliphatic heterocycles. The molecule has 11 heavy (non-hydrogen) atoms. The lowest BCUT2D eigenvalue weighted by Crippen LogP contribution is -2.30. The molecule has 64 valence electrons. The Morgan fingerprint density at radius 3 is 1.82 bits per heavy atom. The second kappa shape index (κ2) is 8.49. The smallest absolute Gasteiger partial charge is 0.132 e. The molecule has 3 heteroatoms. The third kappa shape index (κ3) is 6.78. The highest BCUT2D eigenvalue weighted by molar-refractivity contribution is 6.61. The van der Waals surface area contributed by atoms with Gasteiger partial charge in [0.2, 0.25) is 0 Å². The molecule has 0 saturated heterocycles. The summed E-state index contributed by atoms with van der Waals surface area (Å²) in [6, 6.07) is 2.81. The molecule has 0 amide bonds. The molecule has 0 bridgehead atoms. The van der Waals surface area contributed by atoms with Crippen LogP contribution in [0.3, 0.4) is 0 Å². The number of nitrogens with one attached hydrogen (secondary N) is 1. The van der Waals surface area contributed by atoms with E-state index < -0.39 is 0 Å². The van der Waals surface area contributed by atoms with Crippen molar-refractivity contribution in [2.75, 3.05) is 0 Å². The van der Waals surface area contributed by atoms with Gasteiger partial charge in [0.1, 0.15) is 19.4 Å². The van der Waals surface area contributed by atoms with E-state index in [1.807, 2.05) is 0 Å². The lowest BCUT2D eigenvalue weighted by atomic mass is 10.4. The summed E-state index contributed by atoms with van der Waals surface area (Å²) >= 11 is 0. The summed E-state index contributed by atoms with van der Waals surface area (Å²) in [5.41, 5.74) is 0. The van der Waals surface area contributed by atoms with Crippen LogP contribution < -0.4 is 4.65 Å². The predicted molar refractivity (Wildman–Crippen MR) is 54.1 cm³/mol. The van der Waals surface area contributed by atoms with Crippen LogP contribution in [0.5, 0.6) is 0 Å². The van der Waals surface area contributed by atoms with Gasteiger partial charge >= 0.3 is 0 Å². The second-order valence-electron chi connectivity index (χ2n) is 2.94. The van der Waals surface area contributed by atoms with Crippen LogP contribution in [-0.4, -0.2) is 19.4 Å². The topological polar surface area (TPSA) is 12.0 Å². The van der Waals surface area contributed by atoms with E-state index in [4.69, 9.17) is 0 Å². The Morgan fingerprint density at radius 2 is 1.55 bits per heavy atom. The van der Waals surface area contributed by atoms with Crippen molar-refractivity contribution in [2.24, 2.45) is 0 Å². The van der Waals surface area contributed by atoms with Gasteiger partial charge in [-0.1, -0.05) is 39.5 Å². The summed E-state index contributed by atoms with van der Waals surface area (Å²) in [4.78, 5) is 0. The summed E-state index contributed by atoms with van der Waals surface area (Å²) < 4.78 is 3.28. The summed E-state index contributed by atoms with van der Waals surface area (Å²) in [5.74, 6) is 0. The van der Waals surface area contributed by atoms with E-state index in [0.717, 1.165) is 0 Å². The molecule has 1 nitrogen and oxygen atoms in total. The van der Waals surface area contributed by atoms with Crippen LogP contribution in [0.15, 0.2) is 0 Å². The molecule has 1 N–H and O–H groups in total. The van der Waals surface area contributed by atoms with Crippen LogP contribution >= 0.6 is 0 Å². The van der Waals surface area contributed by atoms with Crippen molar-refractivity contribution < 1.29 is 0 Å². The maximum absolute atomic E-state index is 3.42. The van der Waals surface area contributed by atoms with Gasteiger partial charge < -0.3 is 4.65 Å². The normalized spacial score (nSPS) is 10.9. The van der Waals surface area contributed by atoms with Crippen molar-refractivity contribution in [3.05, 3.63) is 0 Å². The van der Waals surface area contributed by atoms with E-state index >= 15 is 0 Å². The predicted octanol–water partition coefficient (Wildman–Crippen LogP) is 2.25. The minimum absolute atomic E-state index is 0.246. The molecule has 0 aromatic rings. The van der Waals surface area contributed by atoms with E-state index in [-0.39, 0.29) is 8.96 Å². The van der Waals surface area contributed by atoms with Crippen molar-refractivity contribution in [3.8, 4) is 0 Å². The van der Waals surface area contributed by atoms with Gasteiger partial charge in [-0.25, -0.2) is 0 Å². The Kier molecular flexibility index (Phi) is 8.79. The molecule has 0 aliphatic carbocycles. The third-order valence-electron chi connectivity index (χ3n) is 1.84. The van der Waals surface area contributed by atoms with Gasteiger partial charge in [-0.2, -0.15) is 0 Å².